The van der Waals surface area contributed by atoms with Gasteiger partial charge < -0.3 is 15.8 Å². The maximum absolute atomic E-state index is 13.3. The van der Waals surface area contributed by atoms with Crippen molar-refractivity contribution in [3.8, 4) is 5.75 Å². The van der Waals surface area contributed by atoms with Crippen molar-refractivity contribution >= 4 is 29.3 Å². The first-order valence-electron chi connectivity index (χ1n) is 5.13. The van der Waals surface area contributed by atoms with Crippen molar-refractivity contribution in [3.63, 3.8) is 0 Å². The molecule has 0 aromatic heterocycles. The van der Waals surface area contributed by atoms with Crippen LogP contribution in [0.25, 0.3) is 0 Å². The van der Waals surface area contributed by atoms with E-state index in [2.05, 4.69) is 10.1 Å². The van der Waals surface area contributed by atoms with Crippen molar-refractivity contribution in [2.45, 2.75) is 0 Å². The Morgan fingerprint density at radius 2 is 1.89 bits per heavy atom. The van der Waals surface area contributed by atoms with Crippen molar-refractivity contribution in [3.05, 3.63) is 23.8 Å². The van der Waals surface area contributed by atoms with Crippen molar-refractivity contribution in [2.24, 2.45) is 5.73 Å². The van der Waals surface area contributed by atoms with Crippen LogP contribution in [0.5, 0.6) is 5.75 Å². The molecule has 1 rings (SSSR count). The van der Waals surface area contributed by atoms with E-state index in [0.29, 0.717) is 0 Å². The second-order valence-electron chi connectivity index (χ2n) is 3.48. The number of anilines is 1. The molecule has 0 saturated heterocycles. The third-order valence-corrected chi connectivity index (χ3v) is 2.92. The molecule has 1 aromatic carbocycles. The average Bonchev–Trinajstić information content (AvgIpc) is 2.27. The molecule has 0 aliphatic rings. The maximum Gasteiger partial charge on any atom is 0.234 e. The third-order valence-electron chi connectivity index (χ3n) is 1.96. The number of carbonyl (C=O) groups is 2. The lowest BCUT2D eigenvalue weighted by molar-refractivity contribution is -0.115. The minimum atomic E-state index is -0.914. The second kappa shape index (κ2) is 6.93. The molecule has 0 fully saturated rings. The summed E-state index contributed by atoms with van der Waals surface area (Å²) in [5.74, 6) is -3.42. The fourth-order valence-corrected chi connectivity index (χ4v) is 1.83. The van der Waals surface area contributed by atoms with E-state index in [9.17, 15) is 18.4 Å². The number of carbonyl (C=O) groups excluding carboxylic acids is 2. The highest BCUT2D eigenvalue weighted by molar-refractivity contribution is 8.00. The van der Waals surface area contributed by atoms with E-state index in [0.717, 1.165) is 31.0 Å². The summed E-state index contributed by atoms with van der Waals surface area (Å²) in [5, 5.41) is 2.30. The molecule has 8 heteroatoms. The van der Waals surface area contributed by atoms with Gasteiger partial charge in [-0.3, -0.25) is 9.59 Å². The molecule has 0 aliphatic heterocycles. The number of amides is 2. The molecule has 19 heavy (non-hydrogen) atoms. The molecule has 0 radical (unpaired) electrons. The molecule has 104 valence electrons. The number of primary amides is 1. The van der Waals surface area contributed by atoms with Crippen LogP contribution >= 0.6 is 11.8 Å². The molecule has 0 spiro atoms. The van der Waals surface area contributed by atoms with E-state index in [1.807, 2.05) is 0 Å². The number of hydrogen-bond acceptors (Lipinski definition) is 4. The van der Waals surface area contributed by atoms with Gasteiger partial charge in [-0.15, -0.1) is 11.8 Å². The van der Waals surface area contributed by atoms with Gasteiger partial charge in [-0.2, -0.15) is 0 Å². The summed E-state index contributed by atoms with van der Waals surface area (Å²) >= 11 is 1.01. The molecule has 0 atom stereocenters. The number of halogens is 2. The first-order chi connectivity index (χ1) is 8.93. The Kier molecular flexibility index (Phi) is 5.56. The normalized spacial score (nSPS) is 10.1. The van der Waals surface area contributed by atoms with Crippen LogP contribution in [0.4, 0.5) is 14.5 Å². The topological polar surface area (TPSA) is 81.4 Å². The van der Waals surface area contributed by atoms with Gasteiger partial charge >= 0.3 is 0 Å². The maximum atomic E-state index is 13.3. The number of thioether (sulfide) groups is 1. The van der Waals surface area contributed by atoms with Crippen LogP contribution in [-0.4, -0.2) is 30.4 Å². The van der Waals surface area contributed by atoms with Gasteiger partial charge in [0, 0.05) is 17.8 Å². The molecule has 3 N–H and O–H groups in total. The highest BCUT2D eigenvalue weighted by Gasteiger charge is 2.13. The summed E-state index contributed by atoms with van der Waals surface area (Å²) < 4.78 is 31.2. The van der Waals surface area contributed by atoms with Crippen LogP contribution < -0.4 is 15.8 Å². The zero-order chi connectivity index (χ0) is 14.4. The van der Waals surface area contributed by atoms with Crippen LogP contribution in [0.15, 0.2) is 12.1 Å². The molecule has 0 saturated carbocycles. The fourth-order valence-electron chi connectivity index (χ4n) is 1.27. The predicted molar refractivity (Wildman–Crippen MR) is 68.1 cm³/mol. The molecule has 0 unspecified atom stereocenters. The van der Waals surface area contributed by atoms with Crippen molar-refractivity contribution in [2.75, 3.05) is 23.9 Å². The van der Waals surface area contributed by atoms with Gasteiger partial charge in [0.1, 0.15) is 0 Å². The Bertz CT molecular complexity index is 474. The van der Waals surface area contributed by atoms with Crippen LogP contribution in [0.3, 0.4) is 0 Å². The summed E-state index contributed by atoms with van der Waals surface area (Å²) in [6.45, 7) is 0. The van der Waals surface area contributed by atoms with E-state index < -0.39 is 29.2 Å². The highest BCUT2D eigenvalue weighted by atomic mass is 32.2. The number of nitrogens with two attached hydrogens (primary N) is 1. The summed E-state index contributed by atoms with van der Waals surface area (Å²) in [4.78, 5) is 21.9. The molecule has 0 bridgehead atoms. The molecule has 2 amide bonds. The van der Waals surface area contributed by atoms with E-state index in [1.165, 1.54) is 0 Å². The molecule has 5 nitrogen and oxygen atoms in total. The standard InChI is InChI=1S/C11H12F2N2O3S/c1-18-11-7(12)2-6(3-8(11)13)15-10(17)5-19-4-9(14)16/h2-3H,4-5H2,1H3,(H2,14,16)(H,15,17). The summed E-state index contributed by atoms with van der Waals surface area (Å²) in [6.07, 6.45) is 0. The Hall–Kier alpha value is -1.83. The van der Waals surface area contributed by atoms with Gasteiger partial charge in [0.2, 0.25) is 11.8 Å². The van der Waals surface area contributed by atoms with E-state index in [4.69, 9.17) is 5.73 Å². The number of ether oxygens (including phenoxy) is 1. The van der Waals surface area contributed by atoms with E-state index in [1.54, 1.807) is 0 Å². The average molecular weight is 290 g/mol. The minimum Gasteiger partial charge on any atom is -0.491 e. The molecule has 0 aliphatic carbocycles. The zero-order valence-electron chi connectivity index (χ0n) is 10.0. The number of nitrogens with one attached hydrogen (secondary N) is 1. The first-order valence-corrected chi connectivity index (χ1v) is 6.28. The Balaban J connectivity index is 2.62. The molecule has 1 aromatic rings. The lowest BCUT2D eigenvalue weighted by Crippen LogP contribution is -2.18. The number of methoxy groups -OCH3 is 1. The largest absolute Gasteiger partial charge is 0.491 e. The van der Waals surface area contributed by atoms with Gasteiger partial charge in [0.25, 0.3) is 0 Å². The van der Waals surface area contributed by atoms with Gasteiger partial charge in [-0.05, 0) is 0 Å². The second-order valence-corrected chi connectivity index (χ2v) is 4.47. The number of benzene rings is 1. The molecular formula is C11H12F2N2O3S. The summed E-state index contributed by atoms with van der Waals surface area (Å²) in [5.41, 5.74) is 4.87. The highest BCUT2D eigenvalue weighted by Crippen LogP contribution is 2.25. The van der Waals surface area contributed by atoms with Gasteiger partial charge in [-0.1, -0.05) is 0 Å². The van der Waals surface area contributed by atoms with E-state index in [-0.39, 0.29) is 17.2 Å². The minimum absolute atomic E-state index is 0.00124. The van der Waals surface area contributed by atoms with Gasteiger partial charge in [-0.25, -0.2) is 8.78 Å². The summed E-state index contributed by atoms with van der Waals surface area (Å²) in [7, 11) is 1.14. The van der Waals surface area contributed by atoms with Crippen molar-refractivity contribution < 1.29 is 23.1 Å². The van der Waals surface area contributed by atoms with Crippen LogP contribution in [0.1, 0.15) is 0 Å². The fraction of sp³-hybridized carbons (Fsp3) is 0.273. The SMILES string of the molecule is COc1c(F)cc(NC(=O)CSCC(N)=O)cc1F. The van der Waals surface area contributed by atoms with Crippen LogP contribution in [-0.2, 0) is 9.59 Å². The lowest BCUT2D eigenvalue weighted by Gasteiger charge is -2.08. The monoisotopic (exact) mass is 290 g/mol. The lowest BCUT2D eigenvalue weighted by atomic mass is 10.2. The Labute approximate surface area is 112 Å². The molecular weight excluding hydrogens is 278 g/mol. The third kappa shape index (κ3) is 4.74. The first kappa shape index (κ1) is 15.2. The zero-order valence-corrected chi connectivity index (χ0v) is 10.9. The Morgan fingerprint density at radius 1 is 1.32 bits per heavy atom. The smallest absolute Gasteiger partial charge is 0.234 e. The molecule has 0 heterocycles. The summed E-state index contributed by atoms with van der Waals surface area (Å²) in [6, 6.07) is 1.89. The predicted octanol–water partition coefficient (Wildman–Crippen LogP) is 1.13. The van der Waals surface area contributed by atoms with Crippen LogP contribution in [0.2, 0.25) is 0 Å². The number of rotatable bonds is 6. The van der Waals surface area contributed by atoms with Gasteiger partial charge in [0.05, 0.1) is 18.6 Å². The van der Waals surface area contributed by atoms with Gasteiger partial charge in [0.15, 0.2) is 17.4 Å². The van der Waals surface area contributed by atoms with Crippen LogP contribution in [0, 0.1) is 11.6 Å². The van der Waals surface area contributed by atoms with Crippen molar-refractivity contribution in [1.29, 1.82) is 0 Å². The Morgan fingerprint density at radius 3 is 2.37 bits per heavy atom. The van der Waals surface area contributed by atoms with Crippen molar-refractivity contribution in [1.82, 2.24) is 0 Å². The number of hydrogen-bond donors (Lipinski definition) is 2. The quantitative estimate of drug-likeness (QED) is 0.823. The van der Waals surface area contributed by atoms with E-state index >= 15 is 0 Å².